The summed E-state index contributed by atoms with van der Waals surface area (Å²) in [5.74, 6) is 0.856. The van der Waals surface area contributed by atoms with Gasteiger partial charge in [0, 0.05) is 6.07 Å². The molecule has 0 fully saturated rings. The summed E-state index contributed by atoms with van der Waals surface area (Å²) in [6.07, 6.45) is 1.07. The average molecular weight is 421 g/mol. The smallest absolute Gasteiger partial charge is 0.243 e. The first kappa shape index (κ1) is 22.5. The van der Waals surface area contributed by atoms with Gasteiger partial charge in [-0.2, -0.15) is 0 Å². The lowest BCUT2D eigenvalue weighted by Crippen LogP contribution is -2.48. The van der Waals surface area contributed by atoms with Crippen LogP contribution in [-0.4, -0.2) is 46.9 Å². The first-order valence-electron chi connectivity index (χ1n) is 9.25. The molecule has 2 aromatic carbocycles. The fourth-order valence-electron chi connectivity index (χ4n) is 2.92. The molecule has 0 aliphatic carbocycles. The second kappa shape index (κ2) is 9.65. The summed E-state index contributed by atoms with van der Waals surface area (Å²) in [5.41, 5.74) is 2.54. The zero-order chi connectivity index (χ0) is 21.6. The molecular weight excluding hydrogens is 392 g/mol. The van der Waals surface area contributed by atoms with Crippen molar-refractivity contribution in [2.75, 3.05) is 30.8 Å². The third-order valence-electron chi connectivity index (χ3n) is 4.61. The number of benzene rings is 2. The van der Waals surface area contributed by atoms with Gasteiger partial charge in [0.15, 0.2) is 0 Å². The van der Waals surface area contributed by atoms with Crippen molar-refractivity contribution in [2.45, 2.75) is 26.8 Å². The van der Waals surface area contributed by atoms with E-state index in [-0.39, 0.29) is 13.2 Å². The molecule has 0 aliphatic heterocycles. The van der Waals surface area contributed by atoms with Crippen LogP contribution in [0.1, 0.15) is 18.1 Å². The van der Waals surface area contributed by atoms with Gasteiger partial charge in [-0.25, -0.2) is 8.42 Å². The van der Waals surface area contributed by atoms with Gasteiger partial charge in [0.1, 0.15) is 24.1 Å². The van der Waals surface area contributed by atoms with Gasteiger partial charge >= 0.3 is 0 Å². The van der Waals surface area contributed by atoms with Crippen LogP contribution in [0.15, 0.2) is 42.5 Å². The lowest BCUT2D eigenvalue weighted by Gasteiger charge is -2.28. The number of carbonyl (C=O) groups is 1. The maximum atomic E-state index is 12.6. The molecular formula is C21H28N2O5S. The van der Waals surface area contributed by atoms with Gasteiger partial charge in [-0.05, 0) is 50.1 Å². The molecule has 0 aromatic heterocycles. The van der Waals surface area contributed by atoms with Gasteiger partial charge in [-0.15, -0.1) is 0 Å². The van der Waals surface area contributed by atoms with Crippen molar-refractivity contribution in [3.63, 3.8) is 0 Å². The molecule has 0 radical (unpaired) electrons. The Balaban J connectivity index is 2.03. The highest BCUT2D eigenvalue weighted by Gasteiger charge is 2.29. The van der Waals surface area contributed by atoms with Crippen LogP contribution in [0.5, 0.6) is 11.5 Å². The van der Waals surface area contributed by atoms with Crippen molar-refractivity contribution in [1.82, 2.24) is 5.32 Å². The van der Waals surface area contributed by atoms with Crippen LogP contribution in [0.2, 0.25) is 0 Å². The van der Waals surface area contributed by atoms with Crippen molar-refractivity contribution < 1.29 is 22.7 Å². The van der Waals surface area contributed by atoms with E-state index < -0.39 is 22.0 Å². The Morgan fingerprint density at radius 1 is 1.17 bits per heavy atom. The van der Waals surface area contributed by atoms with E-state index in [0.717, 1.165) is 27.4 Å². The fraction of sp³-hybridized carbons (Fsp3) is 0.381. The van der Waals surface area contributed by atoms with Crippen molar-refractivity contribution in [3.05, 3.63) is 53.6 Å². The van der Waals surface area contributed by atoms with Crippen LogP contribution >= 0.6 is 0 Å². The van der Waals surface area contributed by atoms with E-state index in [1.54, 1.807) is 31.2 Å². The monoisotopic (exact) mass is 420 g/mol. The maximum absolute atomic E-state index is 12.6. The lowest BCUT2D eigenvalue weighted by molar-refractivity contribution is -0.121. The molecule has 0 saturated heterocycles. The number of nitrogens with one attached hydrogen (secondary N) is 1. The van der Waals surface area contributed by atoms with E-state index in [1.165, 1.54) is 7.11 Å². The molecule has 8 heteroatoms. The standard InChI is InChI=1S/C21H28N2O5S/c1-15-8-6-11-20(16(15)2)28-13-12-22-21(24)17(3)23(29(5,25)26)18-9-7-10-19(14-18)27-4/h6-11,14,17H,12-13H2,1-5H3,(H,22,24)/t17-/m1/s1. The summed E-state index contributed by atoms with van der Waals surface area (Å²) in [5, 5.41) is 2.74. The molecule has 0 unspecified atom stereocenters. The first-order valence-corrected chi connectivity index (χ1v) is 11.1. The van der Waals surface area contributed by atoms with Crippen molar-refractivity contribution in [1.29, 1.82) is 0 Å². The van der Waals surface area contributed by atoms with E-state index in [0.29, 0.717) is 11.4 Å². The number of anilines is 1. The Hall–Kier alpha value is -2.74. The zero-order valence-electron chi connectivity index (χ0n) is 17.4. The van der Waals surface area contributed by atoms with Crippen LogP contribution in [0.25, 0.3) is 0 Å². The maximum Gasteiger partial charge on any atom is 0.243 e. The minimum atomic E-state index is -3.69. The van der Waals surface area contributed by atoms with Crippen molar-refractivity contribution >= 4 is 21.6 Å². The molecule has 7 nitrogen and oxygen atoms in total. The largest absolute Gasteiger partial charge is 0.497 e. The molecule has 2 rings (SSSR count). The molecule has 1 N–H and O–H groups in total. The van der Waals surface area contributed by atoms with Crippen LogP contribution in [-0.2, 0) is 14.8 Å². The summed E-state index contributed by atoms with van der Waals surface area (Å²) in [4.78, 5) is 12.6. The van der Waals surface area contributed by atoms with E-state index in [9.17, 15) is 13.2 Å². The molecule has 0 aliphatic rings. The van der Waals surface area contributed by atoms with Crippen molar-refractivity contribution in [3.8, 4) is 11.5 Å². The number of carbonyl (C=O) groups excluding carboxylic acids is 1. The van der Waals surface area contributed by atoms with E-state index in [4.69, 9.17) is 9.47 Å². The number of amides is 1. The van der Waals surface area contributed by atoms with Gasteiger partial charge in [-0.1, -0.05) is 18.2 Å². The van der Waals surface area contributed by atoms with Gasteiger partial charge in [-0.3, -0.25) is 9.10 Å². The number of ether oxygens (including phenoxy) is 2. The Bertz CT molecular complexity index is 959. The Labute approximate surface area is 172 Å². The number of nitrogens with zero attached hydrogens (tertiary/aromatic N) is 1. The molecule has 0 spiro atoms. The number of aryl methyl sites for hydroxylation is 1. The number of rotatable bonds is 9. The predicted molar refractivity (Wildman–Crippen MR) is 114 cm³/mol. The number of methoxy groups -OCH3 is 1. The minimum Gasteiger partial charge on any atom is -0.497 e. The number of sulfonamides is 1. The van der Waals surface area contributed by atoms with Gasteiger partial charge in [0.2, 0.25) is 15.9 Å². The topological polar surface area (TPSA) is 84.9 Å². The molecule has 0 saturated carbocycles. The highest BCUT2D eigenvalue weighted by Crippen LogP contribution is 2.25. The molecule has 1 atom stereocenters. The zero-order valence-corrected chi connectivity index (χ0v) is 18.2. The highest BCUT2D eigenvalue weighted by molar-refractivity contribution is 7.92. The molecule has 1 amide bonds. The van der Waals surface area contributed by atoms with Crippen LogP contribution < -0.4 is 19.1 Å². The first-order chi connectivity index (χ1) is 13.6. The third kappa shape index (κ3) is 5.87. The quantitative estimate of drug-likeness (QED) is 0.631. The van der Waals surface area contributed by atoms with Crippen LogP contribution in [0.3, 0.4) is 0 Å². The third-order valence-corrected chi connectivity index (χ3v) is 5.85. The van der Waals surface area contributed by atoms with E-state index in [1.807, 2.05) is 32.0 Å². The average Bonchev–Trinajstić information content (AvgIpc) is 2.67. The summed E-state index contributed by atoms with van der Waals surface area (Å²) < 4.78 is 36.7. The highest BCUT2D eigenvalue weighted by atomic mass is 32.2. The second-order valence-corrected chi connectivity index (χ2v) is 8.63. The summed E-state index contributed by atoms with van der Waals surface area (Å²) >= 11 is 0. The molecule has 158 valence electrons. The lowest BCUT2D eigenvalue weighted by atomic mass is 10.1. The van der Waals surface area contributed by atoms with Gasteiger partial charge < -0.3 is 14.8 Å². The van der Waals surface area contributed by atoms with Crippen LogP contribution in [0, 0.1) is 13.8 Å². The Morgan fingerprint density at radius 3 is 2.52 bits per heavy atom. The summed E-state index contributed by atoms with van der Waals surface area (Å²) in [7, 11) is -2.19. The second-order valence-electron chi connectivity index (χ2n) is 6.77. The minimum absolute atomic E-state index is 0.256. The molecule has 0 heterocycles. The van der Waals surface area contributed by atoms with E-state index in [2.05, 4.69) is 5.32 Å². The number of hydrogen-bond acceptors (Lipinski definition) is 5. The molecule has 29 heavy (non-hydrogen) atoms. The van der Waals surface area contributed by atoms with Gasteiger partial charge in [0.05, 0.1) is 25.6 Å². The Morgan fingerprint density at radius 2 is 1.86 bits per heavy atom. The van der Waals surface area contributed by atoms with E-state index >= 15 is 0 Å². The SMILES string of the molecule is COc1cccc(N([C@H](C)C(=O)NCCOc2cccc(C)c2C)S(C)(=O)=O)c1. The Kier molecular flexibility index (Phi) is 7.50. The van der Waals surface area contributed by atoms with Crippen molar-refractivity contribution in [2.24, 2.45) is 0 Å². The molecule has 0 bridgehead atoms. The van der Waals surface area contributed by atoms with Gasteiger partial charge in [0.25, 0.3) is 0 Å². The molecule has 2 aromatic rings. The predicted octanol–water partition coefficient (Wildman–Crippen LogP) is 2.66. The normalized spacial score (nSPS) is 12.2. The summed E-state index contributed by atoms with van der Waals surface area (Å²) in [6.45, 7) is 6.06. The number of hydrogen-bond donors (Lipinski definition) is 1. The van der Waals surface area contributed by atoms with Crippen LogP contribution in [0.4, 0.5) is 5.69 Å². The summed E-state index contributed by atoms with van der Waals surface area (Å²) in [6, 6.07) is 11.4. The fourth-order valence-corrected chi connectivity index (χ4v) is 4.09.